The van der Waals surface area contributed by atoms with E-state index in [0.29, 0.717) is 5.76 Å². The highest BCUT2D eigenvalue weighted by Gasteiger charge is 2.10. The molecule has 0 aliphatic rings. The Balaban J connectivity index is 2.37. The van der Waals surface area contributed by atoms with Crippen molar-refractivity contribution >= 4 is 11.8 Å². The Kier molecular flexibility index (Phi) is 5.10. The first-order chi connectivity index (χ1) is 8.56. The lowest BCUT2D eigenvalue weighted by Crippen LogP contribution is -2.37. The second-order valence-corrected chi connectivity index (χ2v) is 3.81. The maximum Gasteiger partial charge on any atom is 0.246 e. The molecule has 1 heterocycles. The number of nitrogens with one attached hydrogen (secondary N) is 1. The van der Waals surface area contributed by atoms with E-state index in [0.717, 1.165) is 18.2 Å². The Morgan fingerprint density at radius 3 is 2.89 bits per heavy atom. The monoisotopic (exact) mass is 251 g/mol. The third-order valence-electron chi connectivity index (χ3n) is 2.36. The van der Waals surface area contributed by atoms with Crippen LogP contribution in [0.1, 0.15) is 18.4 Å². The summed E-state index contributed by atoms with van der Waals surface area (Å²) in [5.74, 6) is 0.0399. The molecular formula is C12H17N3O3. The lowest BCUT2D eigenvalue weighted by Gasteiger charge is -2.13. The lowest BCUT2D eigenvalue weighted by molar-refractivity contribution is -0.131. The number of rotatable bonds is 6. The van der Waals surface area contributed by atoms with Gasteiger partial charge in [0, 0.05) is 13.1 Å². The Hall–Kier alpha value is -2.11. The van der Waals surface area contributed by atoms with Gasteiger partial charge in [-0.2, -0.15) is 0 Å². The molecule has 0 aromatic carbocycles. The summed E-state index contributed by atoms with van der Waals surface area (Å²) < 4.78 is 5.02. The van der Waals surface area contributed by atoms with Gasteiger partial charge in [0.05, 0.1) is 18.8 Å². The van der Waals surface area contributed by atoms with Crippen molar-refractivity contribution in [2.75, 3.05) is 13.6 Å². The summed E-state index contributed by atoms with van der Waals surface area (Å²) >= 11 is 0. The molecule has 1 aromatic rings. The predicted octanol–water partition coefficient (Wildman–Crippen LogP) is 0.498. The summed E-state index contributed by atoms with van der Waals surface area (Å²) in [4.78, 5) is 24.0. The van der Waals surface area contributed by atoms with Crippen molar-refractivity contribution in [3.05, 3.63) is 30.2 Å². The molecule has 0 bridgehead atoms. The number of nitrogens with zero attached hydrogens (tertiary/aromatic N) is 2. The molecule has 6 nitrogen and oxygen atoms in total. The van der Waals surface area contributed by atoms with Gasteiger partial charge in [-0.3, -0.25) is 9.59 Å². The van der Waals surface area contributed by atoms with Crippen molar-refractivity contribution in [2.24, 2.45) is 0 Å². The fraction of sp³-hybridized carbons (Fsp3) is 0.417. The van der Waals surface area contributed by atoms with Gasteiger partial charge < -0.3 is 14.7 Å². The number of carbonyl (C=O) groups is 2. The number of carbonyl (C=O) groups excluding carboxylic acids is 2. The van der Waals surface area contributed by atoms with Crippen LogP contribution in [0.4, 0.5) is 0 Å². The molecule has 0 atom stereocenters. The van der Waals surface area contributed by atoms with Crippen LogP contribution in [0, 0.1) is 0 Å². The van der Waals surface area contributed by atoms with E-state index in [1.807, 2.05) is 6.92 Å². The van der Waals surface area contributed by atoms with E-state index in [2.05, 4.69) is 17.1 Å². The first-order valence-corrected chi connectivity index (χ1v) is 5.65. The minimum absolute atomic E-state index is 0.0143. The summed E-state index contributed by atoms with van der Waals surface area (Å²) in [5.41, 5.74) is 0.846. The zero-order valence-electron chi connectivity index (χ0n) is 10.6. The Labute approximate surface area is 106 Å². The molecule has 1 rings (SSSR count). The average Bonchev–Trinajstić information content (AvgIpc) is 2.83. The van der Waals surface area contributed by atoms with Gasteiger partial charge in [0.15, 0.2) is 5.76 Å². The Bertz CT molecular complexity index is 440. The molecule has 0 radical (unpaired) electrons. The zero-order valence-corrected chi connectivity index (χ0v) is 10.6. The molecular weight excluding hydrogens is 234 g/mol. The molecule has 0 fully saturated rings. The van der Waals surface area contributed by atoms with Crippen LogP contribution in [0.5, 0.6) is 0 Å². The summed E-state index contributed by atoms with van der Waals surface area (Å²) in [5, 5.41) is 6.46. The molecule has 0 spiro atoms. The fourth-order valence-electron chi connectivity index (χ4n) is 1.30. The van der Waals surface area contributed by atoms with E-state index in [4.69, 9.17) is 4.52 Å². The van der Waals surface area contributed by atoms with Crippen molar-refractivity contribution in [1.29, 1.82) is 0 Å². The summed E-state index contributed by atoms with van der Waals surface area (Å²) in [7, 11) is 1.53. The molecule has 1 aromatic heterocycles. The summed E-state index contributed by atoms with van der Waals surface area (Å²) in [6.45, 7) is 5.57. The second-order valence-electron chi connectivity index (χ2n) is 3.81. The third-order valence-corrected chi connectivity index (χ3v) is 2.36. The zero-order chi connectivity index (χ0) is 13.5. The molecule has 6 heteroatoms. The highest BCUT2D eigenvalue weighted by atomic mass is 16.5. The number of hydrogen-bond acceptors (Lipinski definition) is 4. The molecule has 2 amide bonds. The molecule has 18 heavy (non-hydrogen) atoms. The van der Waals surface area contributed by atoms with Crippen molar-refractivity contribution in [1.82, 2.24) is 15.4 Å². The van der Waals surface area contributed by atoms with Gasteiger partial charge in [-0.25, -0.2) is 0 Å². The first-order valence-electron chi connectivity index (χ1n) is 5.65. The quantitative estimate of drug-likeness (QED) is 0.747. The van der Waals surface area contributed by atoms with Gasteiger partial charge in [0.25, 0.3) is 0 Å². The molecule has 0 aliphatic heterocycles. The van der Waals surface area contributed by atoms with Gasteiger partial charge >= 0.3 is 0 Å². The van der Waals surface area contributed by atoms with Crippen LogP contribution in [0.3, 0.4) is 0 Å². The molecule has 0 aliphatic carbocycles. The van der Waals surface area contributed by atoms with E-state index < -0.39 is 0 Å². The minimum atomic E-state index is -0.293. The van der Waals surface area contributed by atoms with Gasteiger partial charge in [-0.05, 0) is 12.5 Å². The molecule has 0 saturated carbocycles. The van der Waals surface area contributed by atoms with Crippen molar-refractivity contribution < 1.29 is 14.1 Å². The molecule has 0 unspecified atom stereocenters. The highest BCUT2D eigenvalue weighted by Crippen LogP contribution is 2.03. The van der Waals surface area contributed by atoms with Crippen LogP contribution in [-0.2, 0) is 22.6 Å². The molecule has 1 N–H and O–H groups in total. The minimum Gasteiger partial charge on any atom is -0.359 e. The Morgan fingerprint density at radius 2 is 2.33 bits per heavy atom. The van der Waals surface area contributed by atoms with Crippen LogP contribution in [0.25, 0.3) is 0 Å². The second kappa shape index (κ2) is 6.58. The van der Waals surface area contributed by atoms with Crippen LogP contribution in [0.15, 0.2) is 23.2 Å². The van der Waals surface area contributed by atoms with E-state index in [9.17, 15) is 9.59 Å². The van der Waals surface area contributed by atoms with Crippen molar-refractivity contribution in [3.63, 3.8) is 0 Å². The van der Waals surface area contributed by atoms with Crippen LogP contribution < -0.4 is 5.32 Å². The highest BCUT2D eigenvalue weighted by molar-refractivity contribution is 5.90. The van der Waals surface area contributed by atoms with E-state index in [1.165, 1.54) is 11.9 Å². The number of hydrogen-bond donors (Lipinski definition) is 1. The van der Waals surface area contributed by atoms with Gasteiger partial charge in [0.1, 0.15) is 0 Å². The molecule has 0 saturated heterocycles. The largest absolute Gasteiger partial charge is 0.359 e. The predicted molar refractivity (Wildman–Crippen MR) is 65.6 cm³/mol. The van der Waals surface area contributed by atoms with Crippen molar-refractivity contribution in [3.8, 4) is 0 Å². The maximum atomic E-state index is 11.5. The average molecular weight is 251 g/mol. The van der Waals surface area contributed by atoms with Gasteiger partial charge in [0.2, 0.25) is 11.8 Å². The maximum absolute atomic E-state index is 11.5. The van der Waals surface area contributed by atoms with Gasteiger partial charge in [-0.15, -0.1) is 0 Å². The third kappa shape index (κ3) is 4.04. The van der Waals surface area contributed by atoms with Crippen LogP contribution in [-0.4, -0.2) is 35.5 Å². The van der Waals surface area contributed by atoms with E-state index in [-0.39, 0.29) is 24.9 Å². The summed E-state index contributed by atoms with van der Waals surface area (Å²) in [6, 6.07) is 1.79. The summed E-state index contributed by atoms with van der Waals surface area (Å²) in [6.07, 6.45) is 1.95. The molecule has 98 valence electrons. The van der Waals surface area contributed by atoms with Crippen LogP contribution >= 0.6 is 0 Å². The normalized spacial score (nSPS) is 9.89. The van der Waals surface area contributed by atoms with E-state index >= 15 is 0 Å². The van der Waals surface area contributed by atoms with Crippen molar-refractivity contribution in [2.45, 2.75) is 19.9 Å². The number of amides is 2. The SMILES string of the molecule is C=CC(=O)N(C)CC(=O)NCc1cc(CC)no1. The van der Waals surface area contributed by atoms with Gasteiger partial charge in [-0.1, -0.05) is 18.7 Å². The topological polar surface area (TPSA) is 75.4 Å². The smallest absolute Gasteiger partial charge is 0.246 e. The number of likely N-dealkylation sites (N-methyl/N-ethyl adjacent to an activating group) is 1. The van der Waals surface area contributed by atoms with E-state index in [1.54, 1.807) is 6.07 Å². The lowest BCUT2D eigenvalue weighted by atomic mass is 10.3. The van der Waals surface area contributed by atoms with Crippen LogP contribution in [0.2, 0.25) is 0 Å². The fourth-order valence-corrected chi connectivity index (χ4v) is 1.30. The number of aryl methyl sites for hydroxylation is 1. The Morgan fingerprint density at radius 1 is 1.61 bits per heavy atom. The first kappa shape index (κ1) is 14.0. The number of aromatic nitrogens is 1. The standard InChI is InChI=1S/C12H17N3O3/c1-4-9-6-10(18-14-9)7-13-11(16)8-15(3)12(17)5-2/h5-6H,2,4,7-8H2,1,3H3,(H,13,16).